The van der Waals surface area contributed by atoms with Gasteiger partial charge in [0.2, 0.25) is 11.8 Å². The molecule has 0 saturated carbocycles. The molecule has 0 rings (SSSR count). The number of unbranched alkanes of at least 4 members (excludes halogenated alkanes) is 1. The van der Waals surface area contributed by atoms with Gasteiger partial charge in [0, 0.05) is 20.0 Å². The Bertz CT molecular complexity index is 221. The zero-order valence-corrected chi connectivity index (χ0v) is 9.79. The van der Waals surface area contributed by atoms with Crippen molar-refractivity contribution in [1.29, 1.82) is 0 Å². The van der Waals surface area contributed by atoms with E-state index in [0.717, 1.165) is 12.8 Å². The van der Waals surface area contributed by atoms with Gasteiger partial charge in [0.05, 0.1) is 0 Å². The standard InChI is InChI=1S/C10H22N4O2/c1-13-10(16)8(4-2-3-6-11)14-9(15)5-7-12/h8H,2-7,11-12H2,1H3,(H,13,16)(H,14,15)/t8-/m0/s1. The molecule has 0 unspecified atom stereocenters. The van der Waals surface area contributed by atoms with Crippen LogP contribution in [0.5, 0.6) is 0 Å². The van der Waals surface area contributed by atoms with Crippen LogP contribution >= 0.6 is 0 Å². The molecular formula is C10H22N4O2. The fourth-order valence-corrected chi connectivity index (χ4v) is 1.33. The monoisotopic (exact) mass is 230 g/mol. The molecule has 0 bridgehead atoms. The first-order valence-electron chi connectivity index (χ1n) is 5.56. The second-order valence-corrected chi connectivity index (χ2v) is 3.56. The molecule has 2 amide bonds. The molecule has 1 atom stereocenters. The summed E-state index contributed by atoms with van der Waals surface area (Å²) in [6.45, 7) is 0.881. The topological polar surface area (TPSA) is 110 Å². The minimum Gasteiger partial charge on any atom is -0.357 e. The Morgan fingerprint density at radius 1 is 1.19 bits per heavy atom. The van der Waals surface area contributed by atoms with Crippen LogP contribution in [0.25, 0.3) is 0 Å². The zero-order valence-electron chi connectivity index (χ0n) is 9.79. The molecule has 0 aliphatic rings. The lowest BCUT2D eigenvalue weighted by molar-refractivity contribution is -0.128. The van der Waals surface area contributed by atoms with E-state index in [9.17, 15) is 9.59 Å². The number of nitrogens with two attached hydrogens (primary N) is 2. The molecule has 6 heteroatoms. The van der Waals surface area contributed by atoms with Crippen LogP contribution in [0.15, 0.2) is 0 Å². The molecule has 0 aromatic carbocycles. The van der Waals surface area contributed by atoms with E-state index < -0.39 is 6.04 Å². The van der Waals surface area contributed by atoms with E-state index in [1.165, 1.54) is 0 Å². The molecule has 0 aromatic rings. The van der Waals surface area contributed by atoms with Gasteiger partial charge in [-0.1, -0.05) is 0 Å². The Morgan fingerprint density at radius 2 is 1.88 bits per heavy atom. The van der Waals surface area contributed by atoms with Crippen molar-refractivity contribution in [3.8, 4) is 0 Å². The van der Waals surface area contributed by atoms with E-state index in [0.29, 0.717) is 13.0 Å². The van der Waals surface area contributed by atoms with E-state index in [-0.39, 0.29) is 24.8 Å². The summed E-state index contributed by atoms with van der Waals surface area (Å²) in [7, 11) is 1.55. The number of hydrogen-bond acceptors (Lipinski definition) is 4. The van der Waals surface area contributed by atoms with Gasteiger partial charge in [-0.05, 0) is 25.8 Å². The number of carbonyl (C=O) groups is 2. The molecule has 0 fully saturated rings. The van der Waals surface area contributed by atoms with Crippen LogP contribution in [0, 0.1) is 0 Å². The molecule has 94 valence electrons. The zero-order chi connectivity index (χ0) is 12.4. The summed E-state index contributed by atoms with van der Waals surface area (Å²) in [5.74, 6) is -0.369. The highest BCUT2D eigenvalue weighted by Crippen LogP contribution is 2.01. The van der Waals surface area contributed by atoms with Crippen molar-refractivity contribution >= 4 is 11.8 Å². The van der Waals surface area contributed by atoms with Crippen molar-refractivity contribution < 1.29 is 9.59 Å². The number of nitrogens with one attached hydrogen (secondary N) is 2. The number of carbonyl (C=O) groups excluding carboxylic acids is 2. The molecule has 0 spiro atoms. The maximum absolute atomic E-state index is 11.5. The Kier molecular flexibility index (Phi) is 8.46. The van der Waals surface area contributed by atoms with Gasteiger partial charge in [-0.3, -0.25) is 9.59 Å². The van der Waals surface area contributed by atoms with Gasteiger partial charge in [0.1, 0.15) is 6.04 Å². The minimum atomic E-state index is -0.476. The SMILES string of the molecule is CNC(=O)[C@H](CCCCN)NC(=O)CCN. The van der Waals surface area contributed by atoms with Crippen LogP contribution in [0.1, 0.15) is 25.7 Å². The Balaban J connectivity index is 4.09. The molecular weight excluding hydrogens is 208 g/mol. The second-order valence-electron chi connectivity index (χ2n) is 3.56. The van der Waals surface area contributed by atoms with Gasteiger partial charge >= 0.3 is 0 Å². The smallest absolute Gasteiger partial charge is 0.242 e. The summed E-state index contributed by atoms with van der Waals surface area (Å²) in [6.07, 6.45) is 2.51. The quantitative estimate of drug-likeness (QED) is 0.388. The third-order valence-corrected chi connectivity index (χ3v) is 2.22. The first kappa shape index (κ1) is 14.9. The van der Waals surface area contributed by atoms with Crippen molar-refractivity contribution in [2.45, 2.75) is 31.7 Å². The molecule has 6 nitrogen and oxygen atoms in total. The predicted octanol–water partition coefficient (Wildman–Crippen LogP) is -1.30. The summed E-state index contributed by atoms with van der Waals surface area (Å²) in [6, 6.07) is -0.476. The minimum absolute atomic E-state index is 0.178. The van der Waals surface area contributed by atoms with E-state index >= 15 is 0 Å². The maximum atomic E-state index is 11.5. The Labute approximate surface area is 96.1 Å². The van der Waals surface area contributed by atoms with E-state index in [1.54, 1.807) is 7.05 Å². The van der Waals surface area contributed by atoms with Crippen molar-refractivity contribution in [2.75, 3.05) is 20.1 Å². The van der Waals surface area contributed by atoms with E-state index in [2.05, 4.69) is 10.6 Å². The predicted molar refractivity (Wildman–Crippen MR) is 62.6 cm³/mol. The lowest BCUT2D eigenvalue weighted by atomic mass is 10.1. The molecule has 0 radical (unpaired) electrons. The van der Waals surface area contributed by atoms with Gasteiger partial charge in [0.15, 0.2) is 0 Å². The summed E-state index contributed by atoms with van der Waals surface area (Å²) >= 11 is 0. The molecule has 0 aromatic heterocycles. The molecule has 0 aliphatic heterocycles. The third-order valence-electron chi connectivity index (χ3n) is 2.22. The second kappa shape index (κ2) is 9.11. The fraction of sp³-hybridized carbons (Fsp3) is 0.800. The number of likely N-dealkylation sites (N-methyl/N-ethyl adjacent to an activating group) is 1. The summed E-state index contributed by atoms with van der Waals surface area (Å²) in [4.78, 5) is 22.8. The van der Waals surface area contributed by atoms with Crippen LogP contribution in [0.4, 0.5) is 0 Å². The van der Waals surface area contributed by atoms with Gasteiger partial charge in [-0.15, -0.1) is 0 Å². The maximum Gasteiger partial charge on any atom is 0.242 e. The number of rotatable bonds is 8. The Hall–Kier alpha value is -1.14. The van der Waals surface area contributed by atoms with Gasteiger partial charge in [-0.25, -0.2) is 0 Å². The highest BCUT2D eigenvalue weighted by molar-refractivity contribution is 5.87. The van der Waals surface area contributed by atoms with Crippen molar-refractivity contribution in [3.05, 3.63) is 0 Å². The summed E-state index contributed by atoms with van der Waals surface area (Å²) < 4.78 is 0. The number of hydrogen-bond donors (Lipinski definition) is 4. The highest BCUT2D eigenvalue weighted by Gasteiger charge is 2.18. The number of amides is 2. The molecule has 0 saturated heterocycles. The lowest BCUT2D eigenvalue weighted by Crippen LogP contribution is -2.46. The van der Waals surface area contributed by atoms with Crippen molar-refractivity contribution in [3.63, 3.8) is 0 Å². The van der Waals surface area contributed by atoms with Crippen molar-refractivity contribution in [1.82, 2.24) is 10.6 Å². The Morgan fingerprint density at radius 3 is 2.38 bits per heavy atom. The molecule has 0 aliphatic carbocycles. The average Bonchev–Trinajstić information content (AvgIpc) is 2.27. The summed E-state index contributed by atoms with van der Waals surface area (Å²) in [5.41, 5.74) is 10.6. The largest absolute Gasteiger partial charge is 0.357 e. The first-order chi connectivity index (χ1) is 7.65. The third kappa shape index (κ3) is 6.36. The van der Waals surface area contributed by atoms with E-state index in [1.807, 2.05) is 0 Å². The van der Waals surface area contributed by atoms with Crippen molar-refractivity contribution in [2.24, 2.45) is 11.5 Å². The molecule has 6 N–H and O–H groups in total. The average molecular weight is 230 g/mol. The van der Waals surface area contributed by atoms with E-state index in [4.69, 9.17) is 11.5 Å². The van der Waals surface area contributed by atoms with Gasteiger partial charge in [-0.2, -0.15) is 0 Å². The highest BCUT2D eigenvalue weighted by atomic mass is 16.2. The first-order valence-corrected chi connectivity index (χ1v) is 5.56. The van der Waals surface area contributed by atoms with Crippen LogP contribution in [0.2, 0.25) is 0 Å². The lowest BCUT2D eigenvalue weighted by Gasteiger charge is -2.16. The fourth-order valence-electron chi connectivity index (χ4n) is 1.33. The van der Waals surface area contributed by atoms with Crippen LogP contribution in [-0.4, -0.2) is 38.0 Å². The van der Waals surface area contributed by atoms with Crippen LogP contribution in [0.3, 0.4) is 0 Å². The van der Waals surface area contributed by atoms with Gasteiger partial charge in [0.25, 0.3) is 0 Å². The van der Waals surface area contributed by atoms with Crippen LogP contribution < -0.4 is 22.1 Å². The van der Waals surface area contributed by atoms with Gasteiger partial charge < -0.3 is 22.1 Å². The summed E-state index contributed by atoms with van der Waals surface area (Å²) in [5, 5.41) is 5.18. The molecule has 0 heterocycles. The molecule has 16 heavy (non-hydrogen) atoms. The van der Waals surface area contributed by atoms with Crippen LogP contribution in [-0.2, 0) is 9.59 Å². The normalized spacial score (nSPS) is 11.9.